The number of nitrogens with zero attached hydrogens (tertiary/aromatic N) is 2. The Morgan fingerprint density at radius 1 is 0.967 bits per heavy atom. The molecule has 0 bridgehead atoms. The minimum absolute atomic E-state index is 0.124. The predicted molar refractivity (Wildman–Crippen MR) is 111 cm³/mol. The van der Waals surface area contributed by atoms with E-state index in [2.05, 4.69) is 0 Å². The molecule has 2 unspecified atom stereocenters. The molecule has 2 saturated heterocycles. The summed E-state index contributed by atoms with van der Waals surface area (Å²) in [6.45, 7) is 1.23. The molecule has 5 rings (SSSR count). The first kappa shape index (κ1) is 19.2. The number of hydrogen-bond donors (Lipinski definition) is 0. The van der Waals surface area contributed by atoms with Crippen LogP contribution in [0, 0.1) is 11.8 Å². The maximum absolute atomic E-state index is 13.1. The molecule has 2 fully saturated rings. The first-order chi connectivity index (χ1) is 14.5. The quantitative estimate of drug-likeness (QED) is 0.699. The largest absolute Gasteiger partial charge is 0.274 e. The molecule has 6 nitrogen and oxygen atoms in total. The lowest BCUT2D eigenvalue weighted by Gasteiger charge is -2.39. The monoisotopic (exact) mass is 422 g/mol. The minimum Gasteiger partial charge on any atom is -0.274 e. The van der Waals surface area contributed by atoms with Gasteiger partial charge in [0.1, 0.15) is 0 Å². The van der Waals surface area contributed by atoms with E-state index in [0.717, 1.165) is 24.0 Å². The van der Waals surface area contributed by atoms with Gasteiger partial charge in [0, 0.05) is 24.6 Å². The zero-order valence-electron chi connectivity index (χ0n) is 16.4. The molecule has 2 heterocycles. The third-order valence-corrected chi connectivity index (χ3v) is 8.15. The molecular weight excluding hydrogens is 400 g/mol. The van der Waals surface area contributed by atoms with E-state index in [0.29, 0.717) is 18.7 Å². The molecule has 0 spiro atoms. The summed E-state index contributed by atoms with van der Waals surface area (Å²) in [5, 5.41) is 0. The highest BCUT2D eigenvalue weighted by molar-refractivity contribution is 7.89. The van der Waals surface area contributed by atoms with E-state index < -0.39 is 10.0 Å². The Morgan fingerprint density at radius 3 is 2.43 bits per heavy atom. The van der Waals surface area contributed by atoms with Crippen molar-refractivity contribution in [2.75, 3.05) is 13.1 Å². The number of rotatable bonds is 4. The van der Waals surface area contributed by atoms with Crippen molar-refractivity contribution >= 4 is 21.8 Å². The predicted octanol–water partition coefficient (Wildman–Crippen LogP) is 2.56. The van der Waals surface area contributed by atoms with Crippen LogP contribution in [0.25, 0.3) is 0 Å². The summed E-state index contributed by atoms with van der Waals surface area (Å²) in [6, 6.07) is 6.50. The summed E-state index contributed by atoms with van der Waals surface area (Å²) in [4.78, 5) is 27.7. The second kappa shape index (κ2) is 7.18. The Morgan fingerprint density at radius 2 is 1.70 bits per heavy atom. The molecule has 1 aromatic carbocycles. The molecule has 2 atom stereocenters. The van der Waals surface area contributed by atoms with Crippen LogP contribution in [0.1, 0.15) is 18.4 Å². The molecule has 2 aliphatic heterocycles. The second-order valence-corrected chi connectivity index (χ2v) is 9.96. The van der Waals surface area contributed by atoms with Crippen molar-refractivity contribution in [2.45, 2.75) is 24.3 Å². The second-order valence-electron chi connectivity index (χ2n) is 8.02. The third kappa shape index (κ3) is 3.00. The van der Waals surface area contributed by atoms with E-state index in [1.807, 2.05) is 30.4 Å². The zero-order valence-corrected chi connectivity index (χ0v) is 17.2. The van der Waals surface area contributed by atoms with Gasteiger partial charge in [0.05, 0.1) is 17.4 Å². The van der Waals surface area contributed by atoms with Crippen molar-refractivity contribution in [2.24, 2.45) is 11.8 Å². The van der Waals surface area contributed by atoms with Crippen LogP contribution < -0.4 is 0 Å². The topological polar surface area (TPSA) is 74.8 Å². The molecule has 4 aliphatic rings. The highest BCUT2D eigenvalue weighted by atomic mass is 32.2. The van der Waals surface area contributed by atoms with Crippen LogP contribution in [0.3, 0.4) is 0 Å². The molecule has 30 heavy (non-hydrogen) atoms. The van der Waals surface area contributed by atoms with Crippen molar-refractivity contribution in [3.63, 3.8) is 0 Å². The number of amides is 2. The lowest BCUT2D eigenvalue weighted by molar-refractivity contribution is -0.149. The molecular formula is C23H22N2O4S. The van der Waals surface area contributed by atoms with Gasteiger partial charge in [-0.3, -0.25) is 14.5 Å². The number of carbonyl (C=O) groups is 2. The number of sulfonamides is 1. The number of benzene rings is 1. The molecule has 0 saturated carbocycles. The van der Waals surface area contributed by atoms with Crippen LogP contribution >= 0.6 is 0 Å². The molecule has 2 aliphatic carbocycles. The summed E-state index contributed by atoms with van der Waals surface area (Å²) >= 11 is 0. The van der Waals surface area contributed by atoms with Gasteiger partial charge in [0.2, 0.25) is 15.9 Å². The van der Waals surface area contributed by atoms with Crippen molar-refractivity contribution in [1.29, 1.82) is 0 Å². The highest BCUT2D eigenvalue weighted by Crippen LogP contribution is 2.41. The number of allylic oxidation sites excluding steroid dienone is 6. The van der Waals surface area contributed by atoms with Crippen molar-refractivity contribution < 1.29 is 18.0 Å². The van der Waals surface area contributed by atoms with Crippen LogP contribution in [0.2, 0.25) is 0 Å². The first-order valence-corrected chi connectivity index (χ1v) is 11.6. The van der Waals surface area contributed by atoms with Gasteiger partial charge in [-0.1, -0.05) is 48.6 Å². The van der Waals surface area contributed by atoms with Crippen molar-refractivity contribution in [3.05, 3.63) is 77.4 Å². The SMILES string of the molecule is O=C1C2=CC=CC3=CC=CC(C(=O)N1Cc1ccc(S(=O)(=O)N4CCCC4)cc1)C32. The van der Waals surface area contributed by atoms with Gasteiger partial charge >= 0.3 is 0 Å². The average Bonchev–Trinajstić information content (AvgIpc) is 3.31. The third-order valence-electron chi connectivity index (χ3n) is 6.24. The molecule has 2 amide bonds. The first-order valence-electron chi connectivity index (χ1n) is 10.2. The van der Waals surface area contributed by atoms with Gasteiger partial charge < -0.3 is 0 Å². The molecule has 1 aromatic rings. The van der Waals surface area contributed by atoms with E-state index in [-0.39, 0.29) is 35.1 Å². The summed E-state index contributed by atoms with van der Waals surface area (Å²) in [7, 11) is -3.48. The van der Waals surface area contributed by atoms with Gasteiger partial charge in [-0.15, -0.1) is 0 Å². The van der Waals surface area contributed by atoms with Crippen molar-refractivity contribution in [1.82, 2.24) is 9.21 Å². The summed E-state index contributed by atoms with van der Waals surface area (Å²) < 4.78 is 26.9. The standard InChI is InChI=1S/C23H22N2O4S/c26-22-19-7-3-5-17-6-4-8-20(21(17)19)23(27)25(22)15-16-9-11-18(12-10-16)30(28,29)24-13-1-2-14-24/h3-12,19,21H,1-2,13-15H2. The van der Waals surface area contributed by atoms with Crippen LogP contribution in [-0.4, -0.2) is 42.5 Å². The minimum atomic E-state index is -3.48. The summed E-state index contributed by atoms with van der Waals surface area (Å²) in [5.41, 5.74) is 2.33. The van der Waals surface area contributed by atoms with Gasteiger partial charge in [0.15, 0.2) is 0 Å². The van der Waals surface area contributed by atoms with E-state index in [1.54, 1.807) is 30.3 Å². The molecule has 0 radical (unpaired) electrons. The molecule has 154 valence electrons. The van der Waals surface area contributed by atoms with Crippen LogP contribution in [0.15, 0.2) is 76.8 Å². The number of likely N-dealkylation sites (tertiary alicyclic amines) is 1. The highest BCUT2D eigenvalue weighted by Gasteiger charge is 2.45. The molecule has 0 aromatic heterocycles. The Labute approximate surface area is 175 Å². The van der Waals surface area contributed by atoms with Gasteiger partial charge in [-0.25, -0.2) is 8.42 Å². The maximum atomic E-state index is 13.1. The Balaban J connectivity index is 1.39. The lowest BCUT2D eigenvalue weighted by atomic mass is 9.71. The summed E-state index contributed by atoms with van der Waals surface area (Å²) in [5.74, 6) is -1.08. The molecule has 7 heteroatoms. The fourth-order valence-electron chi connectivity index (χ4n) is 4.65. The Kier molecular flexibility index (Phi) is 4.60. The fraction of sp³-hybridized carbons (Fsp3) is 0.304. The van der Waals surface area contributed by atoms with Crippen molar-refractivity contribution in [3.8, 4) is 0 Å². The van der Waals surface area contributed by atoms with E-state index in [4.69, 9.17) is 0 Å². The number of piperidine rings is 1. The number of carbonyl (C=O) groups excluding carboxylic acids is 2. The number of hydrogen-bond acceptors (Lipinski definition) is 4. The lowest BCUT2D eigenvalue weighted by Crippen LogP contribution is -2.50. The Bertz CT molecular complexity index is 1140. The van der Waals surface area contributed by atoms with Gasteiger partial charge in [0.25, 0.3) is 5.91 Å². The number of imide groups is 1. The smallest absolute Gasteiger partial charge is 0.257 e. The normalized spacial score (nSPS) is 25.9. The van der Waals surface area contributed by atoms with Gasteiger partial charge in [-0.05, 0) is 36.1 Å². The zero-order chi connectivity index (χ0) is 20.9. The fourth-order valence-corrected chi connectivity index (χ4v) is 6.17. The summed E-state index contributed by atoms with van der Waals surface area (Å²) in [6.07, 6.45) is 13.0. The van der Waals surface area contributed by atoms with Crippen LogP contribution in [-0.2, 0) is 26.2 Å². The Hall–Kier alpha value is -2.77. The van der Waals surface area contributed by atoms with Gasteiger partial charge in [-0.2, -0.15) is 4.31 Å². The molecule has 0 N–H and O–H groups in total. The van der Waals surface area contributed by atoms with E-state index >= 15 is 0 Å². The average molecular weight is 423 g/mol. The van der Waals surface area contributed by atoms with E-state index in [1.165, 1.54) is 9.21 Å². The maximum Gasteiger partial charge on any atom is 0.257 e. The van der Waals surface area contributed by atoms with Crippen LogP contribution in [0.4, 0.5) is 0 Å². The van der Waals surface area contributed by atoms with E-state index in [9.17, 15) is 18.0 Å². The van der Waals surface area contributed by atoms with Crippen LogP contribution in [0.5, 0.6) is 0 Å².